The van der Waals surface area contributed by atoms with Crippen molar-refractivity contribution in [2.75, 3.05) is 6.54 Å². The van der Waals surface area contributed by atoms with E-state index in [-0.39, 0.29) is 12.6 Å². The van der Waals surface area contributed by atoms with Crippen molar-refractivity contribution in [2.24, 2.45) is 0 Å². The Kier molecular flexibility index (Phi) is 5.28. The molecule has 0 aliphatic carbocycles. The molecule has 0 heterocycles. The smallest absolute Gasteiger partial charge is 0.126 e. The normalized spacial score (nSPS) is 12.2. The molecule has 2 nitrogen and oxygen atoms in total. The molecular weight excluding hydrogens is 272 g/mol. The van der Waals surface area contributed by atoms with Crippen LogP contribution in [-0.2, 0) is 6.61 Å². The highest BCUT2D eigenvalue weighted by Gasteiger charge is 2.05. The minimum atomic E-state index is -0.594. The van der Waals surface area contributed by atoms with Crippen LogP contribution in [0, 0.1) is 11.6 Å². The van der Waals surface area contributed by atoms with Crippen molar-refractivity contribution in [3.05, 3.63) is 65.2 Å². The molecule has 0 radical (unpaired) electrons. The fourth-order valence-electron chi connectivity index (χ4n) is 2.14. The first-order valence-electron chi connectivity index (χ1n) is 6.99. The molecule has 1 N–H and O–H groups in total. The molecule has 0 aliphatic rings. The van der Waals surface area contributed by atoms with Crippen molar-refractivity contribution >= 4 is 0 Å². The van der Waals surface area contributed by atoms with Gasteiger partial charge in [-0.2, -0.15) is 0 Å². The second kappa shape index (κ2) is 7.18. The Balaban J connectivity index is 1.97. The van der Waals surface area contributed by atoms with Crippen molar-refractivity contribution in [2.45, 2.75) is 26.5 Å². The predicted molar refractivity (Wildman–Crippen MR) is 79.2 cm³/mol. The summed E-state index contributed by atoms with van der Waals surface area (Å²) in [4.78, 5) is 0. The monoisotopic (exact) mass is 291 g/mol. The molecule has 21 heavy (non-hydrogen) atoms. The summed E-state index contributed by atoms with van der Waals surface area (Å²) in [5.74, 6) is -0.515. The van der Waals surface area contributed by atoms with Crippen LogP contribution in [0.15, 0.2) is 42.5 Å². The number of ether oxygens (including phenoxy) is 1. The van der Waals surface area contributed by atoms with Gasteiger partial charge >= 0.3 is 0 Å². The number of nitrogens with one attached hydrogen (secondary N) is 1. The summed E-state index contributed by atoms with van der Waals surface area (Å²) in [7, 11) is 0. The average molecular weight is 291 g/mol. The minimum Gasteiger partial charge on any atom is -0.489 e. The fraction of sp³-hybridized carbons (Fsp3) is 0.294. The zero-order valence-corrected chi connectivity index (χ0v) is 12.2. The van der Waals surface area contributed by atoms with E-state index in [1.54, 1.807) is 0 Å². The van der Waals surface area contributed by atoms with E-state index in [9.17, 15) is 8.78 Å². The summed E-state index contributed by atoms with van der Waals surface area (Å²) in [6, 6.07) is 11.3. The highest BCUT2D eigenvalue weighted by molar-refractivity contribution is 5.29. The minimum absolute atomic E-state index is 0.136. The lowest BCUT2D eigenvalue weighted by atomic mass is 10.1. The summed E-state index contributed by atoms with van der Waals surface area (Å²) in [6.45, 7) is 5.20. The van der Waals surface area contributed by atoms with E-state index in [0.717, 1.165) is 12.6 Å². The Labute approximate surface area is 123 Å². The van der Waals surface area contributed by atoms with Gasteiger partial charge in [0.25, 0.3) is 0 Å². The third-order valence-corrected chi connectivity index (χ3v) is 3.22. The zero-order chi connectivity index (χ0) is 15.2. The van der Waals surface area contributed by atoms with Crippen LogP contribution < -0.4 is 10.1 Å². The summed E-state index contributed by atoms with van der Waals surface area (Å²) in [5, 5.41) is 3.33. The zero-order valence-electron chi connectivity index (χ0n) is 12.2. The van der Waals surface area contributed by atoms with Gasteiger partial charge in [0.05, 0.1) is 0 Å². The largest absolute Gasteiger partial charge is 0.489 e. The van der Waals surface area contributed by atoms with Crippen LogP contribution in [0.5, 0.6) is 5.75 Å². The van der Waals surface area contributed by atoms with Gasteiger partial charge in [-0.15, -0.1) is 0 Å². The molecule has 0 aliphatic heterocycles. The third kappa shape index (κ3) is 4.53. The average Bonchev–Trinajstić information content (AvgIpc) is 2.45. The Bertz CT molecular complexity index is 564. The quantitative estimate of drug-likeness (QED) is 0.860. The van der Waals surface area contributed by atoms with Crippen LogP contribution in [0.1, 0.15) is 31.0 Å². The third-order valence-electron chi connectivity index (χ3n) is 3.22. The molecule has 0 saturated carbocycles. The molecule has 0 fully saturated rings. The molecule has 1 unspecified atom stereocenters. The van der Waals surface area contributed by atoms with Crippen LogP contribution in [0.25, 0.3) is 0 Å². The Morgan fingerprint density at radius 1 is 1.05 bits per heavy atom. The van der Waals surface area contributed by atoms with Crippen LogP contribution in [0.2, 0.25) is 0 Å². The van der Waals surface area contributed by atoms with E-state index in [1.807, 2.05) is 24.3 Å². The molecule has 2 aromatic carbocycles. The molecule has 0 spiro atoms. The van der Waals surface area contributed by atoms with Crippen molar-refractivity contribution < 1.29 is 13.5 Å². The first kappa shape index (κ1) is 15.4. The van der Waals surface area contributed by atoms with E-state index in [2.05, 4.69) is 19.2 Å². The van der Waals surface area contributed by atoms with E-state index < -0.39 is 11.6 Å². The van der Waals surface area contributed by atoms with Gasteiger partial charge in [-0.1, -0.05) is 19.1 Å². The van der Waals surface area contributed by atoms with Crippen LogP contribution in [-0.4, -0.2) is 6.54 Å². The maximum atomic E-state index is 13.1. The second-order valence-corrected chi connectivity index (χ2v) is 4.91. The van der Waals surface area contributed by atoms with Gasteiger partial charge in [-0.25, -0.2) is 8.78 Å². The molecule has 1 atom stereocenters. The van der Waals surface area contributed by atoms with Crippen LogP contribution in [0.4, 0.5) is 8.78 Å². The number of benzene rings is 2. The lowest BCUT2D eigenvalue weighted by molar-refractivity contribution is 0.304. The summed E-state index contributed by atoms with van der Waals surface area (Å²) in [5.41, 5.74) is 1.64. The summed E-state index contributed by atoms with van der Waals surface area (Å²) in [6.07, 6.45) is 0. The lowest BCUT2D eigenvalue weighted by Gasteiger charge is -2.13. The molecule has 4 heteroatoms. The van der Waals surface area contributed by atoms with E-state index in [1.165, 1.54) is 17.7 Å². The topological polar surface area (TPSA) is 21.3 Å². The fourth-order valence-corrected chi connectivity index (χ4v) is 2.14. The highest BCUT2D eigenvalue weighted by atomic mass is 19.1. The Morgan fingerprint density at radius 2 is 1.67 bits per heavy atom. The van der Waals surface area contributed by atoms with Gasteiger partial charge in [0.2, 0.25) is 0 Å². The van der Waals surface area contributed by atoms with Crippen LogP contribution >= 0.6 is 0 Å². The molecule has 2 aromatic rings. The standard InChI is InChI=1S/C17H19F2NO/c1-3-20-12(2)14-4-6-17(7-5-14)21-11-13-8-15(18)10-16(19)9-13/h4-10,12,20H,3,11H2,1-2H3. The number of hydrogen-bond acceptors (Lipinski definition) is 2. The van der Waals surface area contributed by atoms with Crippen LogP contribution in [0.3, 0.4) is 0 Å². The Hall–Kier alpha value is -1.94. The SMILES string of the molecule is CCNC(C)c1ccc(OCc2cc(F)cc(F)c2)cc1. The first-order chi connectivity index (χ1) is 10.1. The van der Waals surface area contributed by atoms with Crippen molar-refractivity contribution in [3.63, 3.8) is 0 Å². The van der Waals surface area contributed by atoms with E-state index in [4.69, 9.17) is 4.74 Å². The molecule has 0 saturated heterocycles. The second-order valence-electron chi connectivity index (χ2n) is 4.91. The molecule has 112 valence electrons. The lowest BCUT2D eigenvalue weighted by Crippen LogP contribution is -2.17. The van der Waals surface area contributed by atoms with Gasteiger partial charge in [0.15, 0.2) is 0 Å². The molecule has 0 amide bonds. The Morgan fingerprint density at radius 3 is 2.24 bits per heavy atom. The van der Waals surface area contributed by atoms with Gasteiger partial charge in [-0.3, -0.25) is 0 Å². The highest BCUT2D eigenvalue weighted by Crippen LogP contribution is 2.19. The van der Waals surface area contributed by atoms with Gasteiger partial charge in [-0.05, 0) is 48.9 Å². The van der Waals surface area contributed by atoms with Gasteiger partial charge in [0, 0.05) is 12.1 Å². The summed E-state index contributed by atoms with van der Waals surface area (Å²) >= 11 is 0. The van der Waals surface area contributed by atoms with Gasteiger partial charge in [0.1, 0.15) is 24.0 Å². The van der Waals surface area contributed by atoms with E-state index in [0.29, 0.717) is 11.3 Å². The molecule has 0 bridgehead atoms. The maximum absolute atomic E-state index is 13.1. The van der Waals surface area contributed by atoms with E-state index >= 15 is 0 Å². The molecule has 2 rings (SSSR count). The maximum Gasteiger partial charge on any atom is 0.126 e. The van der Waals surface area contributed by atoms with Crippen molar-refractivity contribution in [1.82, 2.24) is 5.32 Å². The predicted octanol–water partition coefficient (Wildman–Crippen LogP) is 4.21. The first-order valence-corrected chi connectivity index (χ1v) is 6.99. The molecular formula is C17H19F2NO. The van der Waals surface area contributed by atoms with Crippen molar-refractivity contribution in [3.8, 4) is 5.75 Å². The molecule has 0 aromatic heterocycles. The summed E-state index contributed by atoms with van der Waals surface area (Å²) < 4.78 is 31.7. The van der Waals surface area contributed by atoms with Crippen molar-refractivity contribution in [1.29, 1.82) is 0 Å². The number of rotatable bonds is 6. The number of halogens is 2. The van der Waals surface area contributed by atoms with Gasteiger partial charge < -0.3 is 10.1 Å². The number of hydrogen-bond donors (Lipinski definition) is 1.